The highest BCUT2D eigenvalue weighted by atomic mass is 16.2. The van der Waals surface area contributed by atoms with E-state index in [1.165, 1.54) is 6.42 Å². The third-order valence-corrected chi connectivity index (χ3v) is 7.04. The van der Waals surface area contributed by atoms with Crippen LogP contribution in [0, 0.1) is 17.8 Å². The average molecular weight is 370 g/mol. The standard InChI is InChI=1S/C22H31N3O2/c1-3-16(2)13-24-14-18-19(15-24)22(23-20(18)26)9-11-25(12-10-22)21(27)17-7-5-4-6-8-17/h4-8,16,18-19H,3,9-15H2,1-2H3,(H,23,26)/t16?,18-,19+/m1/s1. The van der Waals surface area contributed by atoms with Crippen molar-refractivity contribution in [2.45, 2.75) is 38.6 Å². The lowest BCUT2D eigenvalue weighted by molar-refractivity contribution is -0.123. The molecule has 27 heavy (non-hydrogen) atoms. The maximum Gasteiger partial charge on any atom is 0.253 e. The molecular weight excluding hydrogens is 338 g/mol. The molecule has 3 aliphatic rings. The number of carbonyl (C=O) groups excluding carboxylic acids is 2. The Bertz CT molecular complexity index is 697. The molecule has 0 saturated carbocycles. The predicted molar refractivity (Wildman–Crippen MR) is 105 cm³/mol. The largest absolute Gasteiger partial charge is 0.350 e. The van der Waals surface area contributed by atoms with E-state index in [2.05, 4.69) is 24.1 Å². The normalized spacial score (nSPS) is 28.2. The van der Waals surface area contributed by atoms with Crippen LogP contribution in [0.1, 0.15) is 43.5 Å². The fraction of sp³-hybridized carbons (Fsp3) is 0.636. The SMILES string of the molecule is CCC(C)CN1C[C@H]2C(=O)NC3(CCN(C(=O)c4ccccc4)CC3)[C@H]2C1. The second-order valence-corrected chi connectivity index (χ2v) is 8.75. The van der Waals surface area contributed by atoms with Crippen molar-refractivity contribution in [3.63, 3.8) is 0 Å². The molecule has 0 radical (unpaired) electrons. The van der Waals surface area contributed by atoms with Crippen LogP contribution in [0.2, 0.25) is 0 Å². The molecule has 3 aliphatic heterocycles. The van der Waals surface area contributed by atoms with Crippen LogP contribution in [0.3, 0.4) is 0 Å². The monoisotopic (exact) mass is 369 g/mol. The molecule has 2 amide bonds. The third kappa shape index (κ3) is 3.38. The summed E-state index contributed by atoms with van der Waals surface area (Å²) in [7, 11) is 0. The van der Waals surface area contributed by atoms with Crippen LogP contribution in [-0.4, -0.2) is 59.9 Å². The lowest BCUT2D eigenvalue weighted by Crippen LogP contribution is -2.56. The first kappa shape index (κ1) is 18.5. The number of rotatable bonds is 4. The van der Waals surface area contributed by atoms with Crippen LogP contribution >= 0.6 is 0 Å². The lowest BCUT2D eigenvalue weighted by atomic mass is 9.75. The first-order valence-corrected chi connectivity index (χ1v) is 10.4. The molecule has 4 rings (SSSR count). The second kappa shape index (κ2) is 7.27. The van der Waals surface area contributed by atoms with Gasteiger partial charge in [-0.3, -0.25) is 9.59 Å². The number of amides is 2. The van der Waals surface area contributed by atoms with Gasteiger partial charge in [0, 0.05) is 49.7 Å². The van der Waals surface area contributed by atoms with Gasteiger partial charge in [-0.25, -0.2) is 0 Å². The van der Waals surface area contributed by atoms with Gasteiger partial charge >= 0.3 is 0 Å². The summed E-state index contributed by atoms with van der Waals surface area (Å²) in [5.74, 6) is 1.53. The molecule has 1 spiro atoms. The van der Waals surface area contributed by atoms with Crippen molar-refractivity contribution in [1.29, 1.82) is 0 Å². The molecule has 0 bridgehead atoms. The minimum atomic E-state index is -0.112. The first-order chi connectivity index (χ1) is 13.0. The van der Waals surface area contributed by atoms with Crippen molar-refractivity contribution in [2.24, 2.45) is 17.8 Å². The fourth-order valence-electron chi connectivity index (χ4n) is 5.23. The Hall–Kier alpha value is -1.88. The number of nitrogens with one attached hydrogen (secondary N) is 1. The van der Waals surface area contributed by atoms with E-state index < -0.39 is 0 Å². The Morgan fingerprint density at radius 2 is 1.93 bits per heavy atom. The van der Waals surface area contributed by atoms with Gasteiger partial charge in [-0.05, 0) is 30.9 Å². The maximum absolute atomic E-state index is 12.7. The summed E-state index contributed by atoms with van der Waals surface area (Å²) in [6, 6.07) is 9.50. The van der Waals surface area contributed by atoms with E-state index in [0.29, 0.717) is 11.8 Å². The summed E-state index contributed by atoms with van der Waals surface area (Å²) in [4.78, 5) is 29.8. The zero-order valence-corrected chi connectivity index (χ0v) is 16.5. The molecule has 1 N–H and O–H groups in total. The molecule has 146 valence electrons. The van der Waals surface area contributed by atoms with Gasteiger partial charge in [0.1, 0.15) is 0 Å². The summed E-state index contributed by atoms with van der Waals surface area (Å²) in [5.41, 5.74) is 0.641. The topological polar surface area (TPSA) is 52.7 Å². The van der Waals surface area contributed by atoms with E-state index in [4.69, 9.17) is 0 Å². The molecule has 3 saturated heterocycles. The lowest BCUT2D eigenvalue weighted by Gasteiger charge is -2.43. The van der Waals surface area contributed by atoms with Crippen LogP contribution in [0.4, 0.5) is 0 Å². The van der Waals surface area contributed by atoms with Gasteiger partial charge in [0.25, 0.3) is 5.91 Å². The molecule has 5 heteroatoms. The van der Waals surface area contributed by atoms with E-state index in [1.54, 1.807) is 0 Å². The van der Waals surface area contributed by atoms with E-state index in [9.17, 15) is 9.59 Å². The summed E-state index contributed by atoms with van der Waals surface area (Å²) in [6.45, 7) is 8.97. The summed E-state index contributed by atoms with van der Waals surface area (Å²) < 4.78 is 0. The van der Waals surface area contributed by atoms with Crippen molar-refractivity contribution in [3.05, 3.63) is 35.9 Å². The first-order valence-electron chi connectivity index (χ1n) is 10.4. The van der Waals surface area contributed by atoms with Crippen LogP contribution in [-0.2, 0) is 4.79 Å². The summed E-state index contributed by atoms with van der Waals surface area (Å²) >= 11 is 0. The average Bonchev–Trinajstić information content (AvgIpc) is 3.22. The number of benzene rings is 1. The van der Waals surface area contributed by atoms with Crippen LogP contribution < -0.4 is 5.32 Å². The van der Waals surface area contributed by atoms with Gasteiger partial charge in [-0.15, -0.1) is 0 Å². The fourth-order valence-corrected chi connectivity index (χ4v) is 5.23. The quantitative estimate of drug-likeness (QED) is 0.887. The molecule has 3 heterocycles. The molecule has 5 nitrogen and oxygen atoms in total. The zero-order valence-electron chi connectivity index (χ0n) is 16.5. The van der Waals surface area contributed by atoms with Gasteiger partial charge in [0.15, 0.2) is 0 Å². The number of hydrogen-bond donors (Lipinski definition) is 1. The van der Waals surface area contributed by atoms with Gasteiger partial charge in [-0.1, -0.05) is 38.5 Å². The number of fused-ring (bicyclic) bond motifs is 2. The number of nitrogens with zero attached hydrogens (tertiary/aromatic N) is 2. The van der Waals surface area contributed by atoms with Crippen LogP contribution in [0.15, 0.2) is 30.3 Å². The second-order valence-electron chi connectivity index (χ2n) is 8.75. The Labute approximate surface area is 162 Å². The predicted octanol–water partition coefficient (Wildman–Crippen LogP) is 2.39. The van der Waals surface area contributed by atoms with Gasteiger partial charge in [0.05, 0.1) is 5.92 Å². The molecule has 0 aromatic heterocycles. The van der Waals surface area contributed by atoms with Crippen LogP contribution in [0.5, 0.6) is 0 Å². The molecule has 1 aromatic rings. The smallest absolute Gasteiger partial charge is 0.253 e. The van der Waals surface area contributed by atoms with Gasteiger partial charge < -0.3 is 15.1 Å². The summed E-state index contributed by atoms with van der Waals surface area (Å²) in [5, 5.41) is 3.35. The Kier molecular flexibility index (Phi) is 4.97. The minimum Gasteiger partial charge on any atom is -0.350 e. The highest BCUT2D eigenvalue weighted by Crippen LogP contribution is 2.44. The molecule has 3 atom stereocenters. The van der Waals surface area contributed by atoms with Gasteiger partial charge in [0.2, 0.25) is 5.91 Å². The van der Waals surface area contributed by atoms with E-state index >= 15 is 0 Å². The Balaban J connectivity index is 1.42. The molecule has 0 aliphatic carbocycles. The number of hydrogen-bond acceptors (Lipinski definition) is 3. The number of piperidine rings is 1. The van der Waals surface area contributed by atoms with Crippen molar-refractivity contribution < 1.29 is 9.59 Å². The molecule has 1 unspecified atom stereocenters. The molecule has 3 fully saturated rings. The van der Waals surface area contributed by atoms with E-state index in [-0.39, 0.29) is 23.3 Å². The maximum atomic E-state index is 12.7. The highest BCUT2D eigenvalue weighted by Gasteiger charge is 2.57. The zero-order chi connectivity index (χ0) is 19.0. The van der Waals surface area contributed by atoms with E-state index in [1.807, 2.05) is 35.2 Å². The highest BCUT2D eigenvalue weighted by molar-refractivity contribution is 5.94. The number of likely N-dealkylation sites (tertiary alicyclic amines) is 2. The Morgan fingerprint density at radius 1 is 1.22 bits per heavy atom. The van der Waals surface area contributed by atoms with Crippen molar-refractivity contribution >= 4 is 11.8 Å². The molecular formula is C22H31N3O2. The molecule has 1 aromatic carbocycles. The summed E-state index contributed by atoms with van der Waals surface area (Å²) in [6.07, 6.45) is 2.92. The Morgan fingerprint density at radius 3 is 2.59 bits per heavy atom. The van der Waals surface area contributed by atoms with Crippen LogP contribution in [0.25, 0.3) is 0 Å². The van der Waals surface area contributed by atoms with Crippen molar-refractivity contribution in [2.75, 3.05) is 32.7 Å². The van der Waals surface area contributed by atoms with E-state index in [0.717, 1.165) is 51.1 Å². The van der Waals surface area contributed by atoms with Crippen molar-refractivity contribution in [1.82, 2.24) is 15.1 Å². The minimum absolute atomic E-state index is 0.108. The van der Waals surface area contributed by atoms with Gasteiger partial charge in [-0.2, -0.15) is 0 Å². The third-order valence-electron chi connectivity index (χ3n) is 7.04. The number of carbonyl (C=O) groups is 2. The van der Waals surface area contributed by atoms with Crippen molar-refractivity contribution in [3.8, 4) is 0 Å².